The molecular formula is C51H98O6. The van der Waals surface area contributed by atoms with Crippen LogP contribution >= 0.6 is 0 Å². The number of unbranched alkanes of at least 4 members (excludes halogenated alkanes) is 33. The fraction of sp³-hybridized carbons (Fsp3) is 0.941. The number of carbonyl (C=O) groups excluding carboxylic acids is 3. The van der Waals surface area contributed by atoms with Crippen LogP contribution in [0.15, 0.2) is 0 Å². The highest BCUT2D eigenvalue weighted by Crippen LogP contribution is 2.17. The third kappa shape index (κ3) is 45.3. The Morgan fingerprint density at radius 3 is 0.860 bits per heavy atom. The van der Waals surface area contributed by atoms with Crippen molar-refractivity contribution in [3.63, 3.8) is 0 Å². The molecule has 0 saturated heterocycles. The quantitative estimate of drug-likeness (QED) is 0.0346. The molecule has 0 radical (unpaired) electrons. The predicted octanol–water partition coefficient (Wildman–Crippen LogP) is 16.3. The molecular weight excluding hydrogens is 709 g/mol. The van der Waals surface area contributed by atoms with Gasteiger partial charge in [-0.1, -0.05) is 246 Å². The first-order valence-corrected chi connectivity index (χ1v) is 25.4. The van der Waals surface area contributed by atoms with Crippen molar-refractivity contribution in [2.45, 2.75) is 291 Å². The minimum absolute atomic E-state index is 0.0638. The van der Waals surface area contributed by atoms with E-state index < -0.39 is 6.10 Å². The summed E-state index contributed by atoms with van der Waals surface area (Å²) in [4.78, 5) is 37.7. The zero-order valence-corrected chi connectivity index (χ0v) is 38.8. The summed E-state index contributed by atoms with van der Waals surface area (Å²) in [6.07, 6.45) is 46.8. The number of rotatable bonds is 46. The van der Waals surface area contributed by atoms with Gasteiger partial charge in [-0.2, -0.15) is 0 Å². The Balaban J connectivity index is 4.18. The van der Waals surface area contributed by atoms with E-state index in [2.05, 4.69) is 27.7 Å². The van der Waals surface area contributed by atoms with Crippen LogP contribution in [0.4, 0.5) is 0 Å². The number of carbonyl (C=O) groups is 3. The molecule has 0 heterocycles. The Labute approximate surface area is 355 Å². The minimum Gasteiger partial charge on any atom is -0.462 e. The summed E-state index contributed by atoms with van der Waals surface area (Å²) in [5.74, 6) is -0.0356. The molecule has 0 fully saturated rings. The van der Waals surface area contributed by atoms with Gasteiger partial charge in [0.15, 0.2) is 6.10 Å². The van der Waals surface area contributed by atoms with E-state index in [1.165, 1.54) is 180 Å². The van der Waals surface area contributed by atoms with Crippen LogP contribution in [-0.2, 0) is 28.6 Å². The van der Waals surface area contributed by atoms with Crippen molar-refractivity contribution in [1.82, 2.24) is 0 Å². The summed E-state index contributed by atoms with van der Waals surface area (Å²) in [7, 11) is 0. The van der Waals surface area contributed by atoms with Gasteiger partial charge in [-0.25, -0.2) is 0 Å². The van der Waals surface area contributed by atoms with E-state index in [4.69, 9.17) is 14.2 Å². The summed E-state index contributed by atoms with van der Waals surface area (Å²) in [5, 5.41) is 0. The van der Waals surface area contributed by atoms with Crippen LogP contribution in [0.2, 0.25) is 0 Å². The van der Waals surface area contributed by atoms with Crippen LogP contribution in [-0.4, -0.2) is 37.2 Å². The van der Waals surface area contributed by atoms with Crippen LogP contribution in [0.25, 0.3) is 0 Å². The van der Waals surface area contributed by atoms with Crippen molar-refractivity contribution in [2.24, 2.45) is 5.92 Å². The zero-order chi connectivity index (χ0) is 41.7. The van der Waals surface area contributed by atoms with Gasteiger partial charge in [-0.15, -0.1) is 0 Å². The molecule has 0 bridgehead atoms. The highest BCUT2D eigenvalue weighted by Gasteiger charge is 2.19. The first-order chi connectivity index (χ1) is 27.9. The van der Waals surface area contributed by atoms with E-state index in [1.807, 2.05) is 0 Å². The first kappa shape index (κ1) is 55.4. The second kappa shape index (κ2) is 45.5. The molecule has 0 N–H and O–H groups in total. The molecule has 338 valence electrons. The molecule has 0 aromatic carbocycles. The maximum absolute atomic E-state index is 12.7. The minimum atomic E-state index is -0.759. The van der Waals surface area contributed by atoms with Gasteiger partial charge in [0.05, 0.1) is 0 Å². The average molecular weight is 807 g/mol. The molecule has 6 nitrogen and oxygen atoms in total. The fourth-order valence-corrected chi connectivity index (χ4v) is 7.69. The largest absolute Gasteiger partial charge is 0.462 e. The molecule has 6 heteroatoms. The van der Waals surface area contributed by atoms with Gasteiger partial charge < -0.3 is 14.2 Å². The average Bonchev–Trinajstić information content (AvgIpc) is 3.19. The van der Waals surface area contributed by atoms with Gasteiger partial charge in [0, 0.05) is 19.3 Å². The Morgan fingerprint density at radius 1 is 0.333 bits per heavy atom. The predicted molar refractivity (Wildman–Crippen MR) is 243 cm³/mol. The third-order valence-electron chi connectivity index (χ3n) is 11.5. The molecule has 0 aromatic rings. The van der Waals surface area contributed by atoms with E-state index in [0.717, 1.165) is 63.7 Å². The standard InChI is InChI=1S/C51H98O6/c1-5-7-9-11-13-14-15-16-17-18-19-20-21-22-23-28-32-36-40-44-51(54)57-48(45-55-49(52)42-38-34-29-12-10-8-6-2)46-56-50(53)43-39-35-31-27-25-24-26-30-33-37-41-47(3)4/h47-48H,5-46H2,1-4H3/t48-/m0/s1. The molecule has 0 aliphatic rings. The number of esters is 3. The molecule has 0 aromatic heterocycles. The van der Waals surface area contributed by atoms with Crippen molar-refractivity contribution in [1.29, 1.82) is 0 Å². The van der Waals surface area contributed by atoms with Crippen molar-refractivity contribution in [2.75, 3.05) is 13.2 Å². The second-order valence-electron chi connectivity index (χ2n) is 17.9. The number of hydrogen-bond acceptors (Lipinski definition) is 6. The van der Waals surface area contributed by atoms with Crippen LogP contribution in [0.1, 0.15) is 285 Å². The SMILES string of the molecule is CCCCCCCCCCCCCCCCCCCCCC(=O)O[C@@H](COC(=O)CCCCCCCCC)COC(=O)CCCCCCCCCCCCC(C)C. The Bertz CT molecular complexity index is 857. The molecule has 0 aliphatic heterocycles. The second-order valence-corrected chi connectivity index (χ2v) is 17.9. The summed E-state index contributed by atoms with van der Waals surface area (Å²) >= 11 is 0. The van der Waals surface area contributed by atoms with E-state index >= 15 is 0 Å². The Kier molecular flexibility index (Phi) is 44.2. The lowest BCUT2D eigenvalue weighted by Gasteiger charge is -2.18. The lowest BCUT2D eigenvalue weighted by atomic mass is 10.0. The van der Waals surface area contributed by atoms with E-state index in [1.54, 1.807) is 0 Å². The van der Waals surface area contributed by atoms with Crippen molar-refractivity contribution in [3.8, 4) is 0 Å². The van der Waals surface area contributed by atoms with Gasteiger partial charge in [0.25, 0.3) is 0 Å². The summed E-state index contributed by atoms with van der Waals surface area (Å²) in [6.45, 7) is 8.97. The molecule has 0 amide bonds. The molecule has 0 unspecified atom stereocenters. The lowest BCUT2D eigenvalue weighted by molar-refractivity contribution is -0.167. The van der Waals surface area contributed by atoms with Gasteiger partial charge in [-0.3, -0.25) is 14.4 Å². The van der Waals surface area contributed by atoms with E-state index in [-0.39, 0.29) is 31.1 Å². The molecule has 0 saturated carbocycles. The molecule has 0 rings (SSSR count). The maximum Gasteiger partial charge on any atom is 0.306 e. The van der Waals surface area contributed by atoms with Crippen molar-refractivity contribution >= 4 is 17.9 Å². The highest BCUT2D eigenvalue weighted by atomic mass is 16.6. The molecule has 57 heavy (non-hydrogen) atoms. The van der Waals surface area contributed by atoms with Crippen LogP contribution in [0.5, 0.6) is 0 Å². The summed E-state index contributed by atoms with van der Waals surface area (Å²) in [6, 6.07) is 0. The van der Waals surface area contributed by atoms with Gasteiger partial charge >= 0.3 is 17.9 Å². The monoisotopic (exact) mass is 807 g/mol. The Morgan fingerprint density at radius 2 is 0.579 bits per heavy atom. The maximum atomic E-state index is 12.7. The van der Waals surface area contributed by atoms with Crippen molar-refractivity contribution < 1.29 is 28.6 Å². The fourth-order valence-electron chi connectivity index (χ4n) is 7.69. The van der Waals surface area contributed by atoms with E-state index in [0.29, 0.717) is 19.3 Å². The number of hydrogen-bond donors (Lipinski definition) is 0. The Hall–Kier alpha value is -1.59. The molecule has 1 atom stereocenters. The molecule has 0 aliphatic carbocycles. The summed E-state index contributed by atoms with van der Waals surface area (Å²) in [5.41, 5.74) is 0. The summed E-state index contributed by atoms with van der Waals surface area (Å²) < 4.78 is 16.7. The topological polar surface area (TPSA) is 78.9 Å². The smallest absolute Gasteiger partial charge is 0.306 e. The van der Waals surface area contributed by atoms with Crippen molar-refractivity contribution in [3.05, 3.63) is 0 Å². The van der Waals surface area contributed by atoms with Gasteiger partial charge in [0.1, 0.15) is 13.2 Å². The number of ether oxygens (including phenoxy) is 3. The van der Waals surface area contributed by atoms with Crippen LogP contribution in [0.3, 0.4) is 0 Å². The first-order valence-electron chi connectivity index (χ1n) is 25.4. The van der Waals surface area contributed by atoms with Gasteiger partial charge in [0.2, 0.25) is 0 Å². The van der Waals surface area contributed by atoms with Crippen LogP contribution in [0, 0.1) is 5.92 Å². The molecule has 0 spiro atoms. The van der Waals surface area contributed by atoms with Gasteiger partial charge in [-0.05, 0) is 25.2 Å². The van der Waals surface area contributed by atoms with E-state index in [9.17, 15) is 14.4 Å². The van der Waals surface area contributed by atoms with Crippen LogP contribution < -0.4 is 0 Å². The zero-order valence-electron chi connectivity index (χ0n) is 38.8. The normalized spacial score (nSPS) is 11.9. The lowest BCUT2D eigenvalue weighted by Crippen LogP contribution is -2.30. The third-order valence-corrected chi connectivity index (χ3v) is 11.5. The highest BCUT2D eigenvalue weighted by molar-refractivity contribution is 5.71.